The number of anilines is 2. The third kappa shape index (κ3) is 3.50. The Kier molecular flexibility index (Phi) is 5.09. The largest absolute Gasteiger partial charge is 0.369 e. The van der Waals surface area contributed by atoms with Gasteiger partial charge in [0, 0.05) is 24.9 Å². The van der Waals surface area contributed by atoms with E-state index in [4.69, 9.17) is 5.73 Å². The van der Waals surface area contributed by atoms with Gasteiger partial charge in [0.2, 0.25) is 17.8 Å². The van der Waals surface area contributed by atoms with Gasteiger partial charge >= 0.3 is 0 Å². The summed E-state index contributed by atoms with van der Waals surface area (Å²) in [5.74, 6) is -1.60. The van der Waals surface area contributed by atoms with Crippen LogP contribution >= 0.6 is 0 Å². The second kappa shape index (κ2) is 7.70. The minimum Gasteiger partial charge on any atom is -0.369 e. The molecule has 2 amide bonds. The number of nitrogens with two attached hydrogens (primary N) is 1. The highest BCUT2D eigenvalue weighted by molar-refractivity contribution is 5.97. The highest BCUT2D eigenvalue weighted by Gasteiger charge is 2.43. The van der Waals surface area contributed by atoms with E-state index in [1.54, 1.807) is 0 Å². The van der Waals surface area contributed by atoms with Crippen LogP contribution in [0.2, 0.25) is 0 Å². The lowest BCUT2D eigenvalue weighted by molar-refractivity contribution is -0.122. The minimum atomic E-state index is -0.904. The Bertz CT molecular complexity index is 954. The summed E-state index contributed by atoms with van der Waals surface area (Å²) in [4.78, 5) is 46.3. The van der Waals surface area contributed by atoms with Crippen LogP contribution in [0.4, 0.5) is 11.8 Å². The van der Waals surface area contributed by atoms with Crippen molar-refractivity contribution >= 4 is 23.6 Å². The fraction of sp³-hybridized carbons (Fsp3) is 0.550. The predicted molar refractivity (Wildman–Crippen MR) is 106 cm³/mol. The number of rotatable bonds is 3. The first-order valence-electron chi connectivity index (χ1n) is 10.0. The van der Waals surface area contributed by atoms with E-state index in [0.717, 1.165) is 19.3 Å². The van der Waals surface area contributed by atoms with Gasteiger partial charge in [-0.3, -0.25) is 19.4 Å². The summed E-state index contributed by atoms with van der Waals surface area (Å²) in [6.07, 6.45) is 7.75. The number of amides is 2. The van der Waals surface area contributed by atoms with Gasteiger partial charge in [-0.05, 0) is 38.0 Å². The molecule has 0 radical (unpaired) electrons. The van der Waals surface area contributed by atoms with Crippen molar-refractivity contribution in [2.24, 2.45) is 23.5 Å². The molecule has 3 unspecified atom stereocenters. The summed E-state index contributed by atoms with van der Waals surface area (Å²) in [5, 5.41) is 12.3. The minimum absolute atomic E-state index is 0.0505. The van der Waals surface area contributed by atoms with Gasteiger partial charge in [-0.15, -0.1) is 0 Å². The lowest BCUT2D eigenvalue weighted by Crippen LogP contribution is -2.43. The second-order valence-electron chi connectivity index (χ2n) is 7.98. The molecule has 1 aromatic rings. The number of hydrogen-bond acceptors (Lipinski definition) is 6. The van der Waals surface area contributed by atoms with E-state index in [9.17, 15) is 19.6 Å². The van der Waals surface area contributed by atoms with Crippen molar-refractivity contribution in [3.63, 3.8) is 0 Å². The number of H-pyrrole nitrogens is 1. The Morgan fingerprint density at radius 2 is 2.00 bits per heavy atom. The monoisotopic (exact) mass is 396 g/mol. The molecule has 1 saturated heterocycles. The van der Waals surface area contributed by atoms with Crippen molar-refractivity contribution in [3.05, 3.63) is 28.1 Å². The summed E-state index contributed by atoms with van der Waals surface area (Å²) in [6.45, 7) is 1.09. The zero-order valence-electron chi connectivity index (χ0n) is 16.1. The molecule has 1 aromatic heterocycles. The molecule has 1 aliphatic carbocycles. The Morgan fingerprint density at radius 1 is 1.24 bits per heavy atom. The quantitative estimate of drug-likeness (QED) is 0.650. The third-order valence-corrected chi connectivity index (χ3v) is 6.31. The van der Waals surface area contributed by atoms with E-state index in [2.05, 4.69) is 27.4 Å². The predicted octanol–water partition coefficient (Wildman–Crippen LogP) is 1.00. The fourth-order valence-corrected chi connectivity index (χ4v) is 4.71. The van der Waals surface area contributed by atoms with E-state index in [1.807, 2.05) is 11.0 Å². The molecule has 152 valence electrons. The highest BCUT2D eigenvalue weighted by atomic mass is 16.2. The van der Waals surface area contributed by atoms with Gasteiger partial charge in [-0.25, -0.2) is 0 Å². The van der Waals surface area contributed by atoms with Crippen LogP contribution in [0.1, 0.15) is 43.6 Å². The molecule has 3 atom stereocenters. The molecule has 0 aromatic carbocycles. The Morgan fingerprint density at radius 3 is 2.62 bits per heavy atom. The Balaban J connectivity index is 1.68. The molecule has 4 rings (SSSR count). The van der Waals surface area contributed by atoms with Crippen LogP contribution in [0.25, 0.3) is 0 Å². The van der Waals surface area contributed by atoms with Crippen LogP contribution in [-0.4, -0.2) is 34.9 Å². The molecule has 4 N–H and O–H groups in total. The first kappa shape index (κ1) is 19.2. The second-order valence-corrected chi connectivity index (χ2v) is 7.98. The van der Waals surface area contributed by atoms with Crippen molar-refractivity contribution in [1.29, 1.82) is 5.26 Å². The average Bonchev–Trinajstić information content (AvgIpc) is 2.73. The summed E-state index contributed by atoms with van der Waals surface area (Å²) in [7, 11) is 0. The number of aromatic nitrogens is 2. The lowest BCUT2D eigenvalue weighted by Gasteiger charge is -2.36. The Hall–Kier alpha value is -3.15. The van der Waals surface area contributed by atoms with Crippen LogP contribution in [0, 0.1) is 29.1 Å². The summed E-state index contributed by atoms with van der Waals surface area (Å²) < 4.78 is 0. The number of aromatic amines is 1. The average molecular weight is 396 g/mol. The Labute approximate surface area is 168 Å². The number of nitriles is 1. The van der Waals surface area contributed by atoms with Crippen molar-refractivity contribution in [1.82, 2.24) is 9.97 Å². The molecular weight excluding hydrogens is 372 g/mol. The van der Waals surface area contributed by atoms with Crippen LogP contribution < -0.4 is 21.5 Å². The third-order valence-electron chi connectivity index (χ3n) is 6.31. The number of fused-ring (bicyclic) bond motifs is 1. The van der Waals surface area contributed by atoms with E-state index in [1.165, 1.54) is 0 Å². The van der Waals surface area contributed by atoms with E-state index in [-0.39, 0.29) is 29.1 Å². The zero-order valence-corrected chi connectivity index (χ0v) is 16.1. The molecule has 29 heavy (non-hydrogen) atoms. The van der Waals surface area contributed by atoms with Gasteiger partial charge in [0.1, 0.15) is 11.7 Å². The molecule has 9 heteroatoms. The molecule has 1 fully saturated rings. The summed E-state index contributed by atoms with van der Waals surface area (Å²) >= 11 is 0. The number of nitrogens with one attached hydrogen (secondary N) is 2. The summed E-state index contributed by atoms with van der Waals surface area (Å²) in [5.41, 5.74) is 5.46. The SMILES string of the molecule is N#CC1C(=O)Nc2nc(N3CCC(C(N)=O)CC3)[nH]c(=O)c2C1C1CC=CCC1. The standard InChI is InChI=1S/C20H24N6O3/c21-10-13-14(11-4-2-1-3-5-11)15-17(23-18(13)28)24-20(25-19(15)29)26-8-6-12(7-9-26)16(22)27/h1-2,11-14H,3-9H2,(H2,22,27)(H2,23,24,25,28,29). The number of piperidine rings is 1. The molecule has 3 aliphatic rings. The highest BCUT2D eigenvalue weighted by Crippen LogP contribution is 2.43. The van der Waals surface area contributed by atoms with E-state index < -0.39 is 17.7 Å². The van der Waals surface area contributed by atoms with Gasteiger partial charge in [0.05, 0.1) is 11.6 Å². The molecule has 0 bridgehead atoms. The normalized spacial score (nSPS) is 27.1. The van der Waals surface area contributed by atoms with E-state index in [0.29, 0.717) is 37.4 Å². The van der Waals surface area contributed by atoms with Crippen molar-refractivity contribution in [3.8, 4) is 6.07 Å². The number of hydrogen-bond donors (Lipinski definition) is 3. The maximum Gasteiger partial charge on any atom is 0.257 e. The van der Waals surface area contributed by atoms with Gasteiger partial charge in [0.15, 0.2) is 0 Å². The molecular formula is C20H24N6O3. The molecule has 2 aliphatic heterocycles. The molecule has 0 saturated carbocycles. The van der Waals surface area contributed by atoms with Gasteiger partial charge in [-0.2, -0.15) is 10.2 Å². The van der Waals surface area contributed by atoms with Crippen LogP contribution in [0.5, 0.6) is 0 Å². The molecule has 0 spiro atoms. The fourth-order valence-electron chi connectivity index (χ4n) is 4.71. The van der Waals surface area contributed by atoms with Crippen molar-refractivity contribution < 1.29 is 9.59 Å². The molecule has 3 heterocycles. The maximum atomic E-state index is 13.0. The number of primary amides is 1. The zero-order chi connectivity index (χ0) is 20.5. The number of carbonyl (C=O) groups is 2. The maximum absolute atomic E-state index is 13.0. The van der Waals surface area contributed by atoms with Crippen LogP contribution in [0.15, 0.2) is 16.9 Å². The van der Waals surface area contributed by atoms with Gasteiger partial charge in [0.25, 0.3) is 5.56 Å². The first-order valence-corrected chi connectivity index (χ1v) is 10.0. The van der Waals surface area contributed by atoms with Crippen molar-refractivity contribution in [2.45, 2.75) is 38.0 Å². The lowest BCUT2D eigenvalue weighted by atomic mass is 9.71. The smallest absolute Gasteiger partial charge is 0.257 e. The van der Waals surface area contributed by atoms with E-state index >= 15 is 0 Å². The molecule has 9 nitrogen and oxygen atoms in total. The number of nitrogens with zero attached hydrogens (tertiary/aromatic N) is 3. The van der Waals surface area contributed by atoms with Crippen molar-refractivity contribution in [2.75, 3.05) is 23.3 Å². The van der Waals surface area contributed by atoms with Gasteiger partial charge in [-0.1, -0.05) is 12.2 Å². The summed E-state index contributed by atoms with van der Waals surface area (Å²) in [6, 6.07) is 2.09. The number of carbonyl (C=O) groups excluding carboxylic acids is 2. The van der Waals surface area contributed by atoms with Crippen LogP contribution in [-0.2, 0) is 9.59 Å². The van der Waals surface area contributed by atoms with Crippen LogP contribution in [0.3, 0.4) is 0 Å². The topological polar surface area (TPSA) is 145 Å². The number of allylic oxidation sites excluding steroid dienone is 2. The first-order chi connectivity index (χ1) is 14.0. The van der Waals surface area contributed by atoms with Gasteiger partial charge < -0.3 is 16.0 Å².